The summed E-state index contributed by atoms with van der Waals surface area (Å²) < 4.78 is 13.4. The fourth-order valence-electron chi connectivity index (χ4n) is 1.58. The Morgan fingerprint density at radius 3 is 2.58 bits per heavy atom. The summed E-state index contributed by atoms with van der Waals surface area (Å²) in [4.78, 5) is 23.6. The van der Waals surface area contributed by atoms with Crippen LogP contribution in [0.5, 0.6) is 0 Å². The van der Waals surface area contributed by atoms with Crippen LogP contribution in [0, 0.1) is 12.7 Å². The number of carboxylic acid groups (broad SMARTS) is 1. The lowest BCUT2D eigenvalue weighted by atomic mass is 10.2. The summed E-state index contributed by atoms with van der Waals surface area (Å²) in [5.74, 6) is -2.44. The highest BCUT2D eigenvalue weighted by atomic mass is 32.1. The van der Waals surface area contributed by atoms with Gasteiger partial charge in [-0.25, -0.2) is 9.18 Å². The first-order valence-corrected chi connectivity index (χ1v) is 6.20. The number of aryl methyl sites for hydroxylation is 1. The number of carbonyl (C=O) groups excluding carboxylic acids is 1. The third-order valence-electron chi connectivity index (χ3n) is 2.43. The Kier molecular flexibility index (Phi) is 3.62. The van der Waals surface area contributed by atoms with Gasteiger partial charge in [-0.3, -0.25) is 4.79 Å². The Morgan fingerprint density at radius 1 is 1.26 bits per heavy atom. The molecule has 0 aliphatic heterocycles. The second-order valence-corrected chi connectivity index (χ2v) is 5.10. The number of anilines is 1. The highest BCUT2D eigenvalue weighted by Crippen LogP contribution is 2.28. The average Bonchev–Trinajstić information content (AvgIpc) is 2.70. The number of hydrogen-bond donors (Lipinski definition) is 2. The number of carboxylic acids is 1. The van der Waals surface area contributed by atoms with Gasteiger partial charge in [-0.05, 0) is 25.1 Å². The van der Waals surface area contributed by atoms with E-state index in [1.807, 2.05) is 0 Å². The Hall–Kier alpha value is -2.21. The molecule has 19 heavy (non-hydrogen) atoms. The molecule has 2 N–H and O–H groups in total. The van der Waals surface area contributed by atoms with Crippen LogP contribution in [-0.2, 0) is 0 Å². The molecule has 0 saturated carbocycles. The molecule has 0 saturated heterocycles. The molecule has 4 nitrogen and oxygen atoms in total. The monoisotopic (exact) mass is 279 g/mol. The van der Waals surface area contributed by atoms with Gasteiger partial charge in [-0.2, -0.15) is 0 Å². The lowest BCUT2D eigenvalue weighted by molar-refractivity contribution is 0.0698. The van der Waals surface area contributed by atoms with Crippen molar-refractivity contribution in [3.8, 4) is 0 Å². The van der Waals surface area contributed by atoms with Gasteiger partial charge in [0, 0.05) is 4.88 Å². The summed E-state index contributed by atoms with van der Waals surface area (Å²) in [6.45, 7) is 1.73. The molecule has 1 heterocycles. The number of hydrogen-bond acceptors (Lipinski definition) is 3. The van der Waals surface area contributed by atoms with E-state index in [-0.39, 0.29) is 16.1 Å². The Morgan fingerprint density at radius 2 is 1.95 bits per heavy atom. The van der Waals surface area contributed by atoms with Gasteiger partial charge < -0.3 is 10.4 Å². The largest absolute Gasteiger partial charge is 0.478 e. The van der Waals surface area contributed by atoms with Crippen molar-refractivity contribution in [2.24, 2.45) is 0 Å². The van der Waals surface area contributed by atoms with Crippen LogP contribution >= 0.6 is 11.3 Å². The van der Waals surface area contributed by atoms with Crippen LogP contribution in [-0.4, -0.2) is 17.0 Å². The second kappa shape index (κ2) is 5.19. The van der Waals surface area contributed by atoms with E-state index < -0.39 is 17.7 Å². The fraction of sp³-hybridized carbons (Fsp3) is 0.0769. The van der Waals surface area contributed by atoms with Gasteiger partial charge in [-0.1, -0.05) is 12.1 Å². The summed E-state index contributed by atoms with van der Waals surface area (Å²) in [6, 6.07) is 6.99. The molecule has 0 spiro atoms. The molecule has 0 aliphatic carbocycles. The maximum absolute atomic E-state index is 13.4. The molecule has 2 aromatic rings. The van der Waals surface area contributed by atoms with Crippen molar-refractivity contribution >= 4 is 28.2 Å². The Bertz CT molecular complexity index is 651. The van der Waals surface area contributed by atoms with E-state index in [0.29, 0.717) is 0 Å². The number of amides is 1. The minimum atomic E-state index is -1.13. The third-order valence-corrected chi connectivity index (χ3v) is 3.40. The molecule has 1 aromatic carbocycles. The summed E-state index contributed by atoms with van der Waals surface area (Å²) in [5, 5.41) is 11.6. The maximum atomic E-state index is 13.4. The predicted octanol–water partition coefficient (Wildman–Crippen LogP) is 3.15. The summed E-state index contributed by atoms with van der Waals surface area (Å²) >= 11 is 1.14. The third kappa shape index (κ3) is 2.79. The molecule has 1 aromatic heterocycles. The van der Waals surface area contributed by atoms with Crippen LogP contribution in [0.3, 0.4) is 0 Å². The van der Waals surface area contributed by atoms with Gasteiger partial charge in [-0.15, -0.1) is 11.3 Å². The lowest BCUT2D eigenvalue weighted by Crippen LogP contribution is -2.14. The number of carbonyl (C=O) groups is 2. The molecule has 0 atom stereocenters. The number of thiophene rings is 1. The van der Waals surface area contributed by atoms with Crippen molar-refractivity contribution in [3.05, 3.63) is 52.2 Å². The van der Waals surface area contributed by atoms with Crippen molar-refractivity contribution in [2.45, 2.75) is 6.92 Å². The smallest absolute Gasteiger partial charge is 0.338 e. The molecule has 2 rings (SSSR count). The van der Waals surface area contributed by atoms with Crippen molar-refractivity contribution in [1.82, 2.24) is 0 Å². The predicted molar refractivity (Wildman–Crippen MR) is 70.4 cm³/mol. The van der Waals surface area contributed by atoms with E-state index >= 15 is 0 Å². The van der Waals surface area contributed by atoms with Gasteiger partial charge in [0.15, 0.2) is 0 Å². The first kappa shape index (κ1) is 13.2. The Labute approximate surface area is 112 Å². The van der Waals surface area contributed by atoms with Crippen molar-refractivity contribution in [1.29, 1.82) is 0 Å². The van der Waals surface area contributed by atoms with E-state index in [9.17, 15) is 14.0 Å². The van der Waals surface area contributed by atoms with Crippen LogP contribution in [0.4, 0.5) is 9.39 Å². The summed E-state index contributed by atoms with van der Waals surface area (Å²) in [6.07, 6.45) is 0. The van der Waals surface area contributed by atoms with E-state index in [0.717, 1.165) is 16.2 Å². The fourth-order valence-corrected chi connectivity index (χ4v) is 2.48. The number of halogens is 1. The number of benzene rings is 1. The lowest BCUT2D eigenvalue weighted by Gasteiger charge is -2.04. The number of aromatic carboxylic acids is 1. The molecular formula is C13H10FNO3S. The molecule has 0 unspecified atom stereocenters. The minimum absolute atomic E-state index is 0.00666. The van der Waals surface area contributed by atoms with Crippen molar-refractivity contribution < 1.29 is 19.1 Å². The molecule has 6 heteroatoms. The van der Waals surface area contributed by atoms with Crippen molar-refractivity contribution in [2.75, 3.05) is 5.32 Å². The normalized spacial score (nSPS) is 10.2. The number of nitrogens with one attached hydrogen (secondary N) is 1. The first-order chi connectivity index (χ1) is 8.99. The standard InChI is InChI=1S/C13H10FNO3S/c1-7-6-9(13(17)18)12(19-7)15-11(16)8-4-2-3-5-10(8)14/h2-6H,1H3,(H,15,16)(H,17,18). The quantitative estimate of drug-likeness (QED) is 0.907. The SMILES string of the molecule is Cc1cc(C(=O)O)c(NC(=O)c2ccccc2F)s1. The zero-order valence-electron chi connectivity index (χ0n) is 9.94. The van der Waals surface area contributed by atoms with Gasteiger partial charge in [0.05, 0.1) is 11.1 Å². The summed E-state index contributed by atoms with van der Waals surface area (Å²) in [5.41, 5.74) is -0.114. The Balaban J connectivity index is 2.29. The summed E-state index contributed by atoms with van der Waals surface area (Å²) in [7, 11) is 0. The second-order valence-electron chi connectivity index (χ2n) is 3.84. The van der Waals surface area contributed by atoms with Crippen molar-refractivity contribution in [3.63, 3.8) is 0 Å². The molecular weight excluding hydrogens is 269 g/mol. The molecule has 1 amide bonds. The van der Waals surface area contributed by atoms with Crippen LogP contribution < -0.4 is 5.32 Å². The topological polar surface area (TPSA) is 66.4 Å². The van der Waals surface area contributed by atoms with Crippen LogP contribution in [0.25, 0.3) is 0 Å². The zero-order chi connectivity index (χ0) is 14.0. The number of rotatable bonds is 3. The molecule has 0 aliphatic rings. The van der Waals surface area contributed by atoms with E-state index in [2.05, 4.69) is 5.32 Å². The van der Waals surface area contributed by atoms with Gasteiger partial charge in [0.2, 0.25) is 0 Å². The van der Waals surface area contributed by atoms with Gasteiger partial charge in [0.25, 0.3) is 5.91 Å². The molecule has 98 valence electrons. The van der Waals surface area contributed by atoms with E-state index in [4.69, 9.17) is 5.11 Å². The van der Waals surface area contributed by atoms with Crippen LogP contribution in [0.2, 0.25) is 0 Å². The van der Waals surface area contributed by atoms with Gasteiger partial charge in [0.1, 0.15) is 10.8 Å². The van der Waals surface area contributed by atoms with Crippen LogP contribution in [0.15, 0.2) is 30.3 Å². The minimum Gasteiger partial charge on any atom is -0.478 e. The highest BCUT2D eigenvalue weighted by molar-refractivity contribution is 7.16. The molecule has 0 fully saturated rings. The molecule has 0 radical (unpaired) electrons. The average molecular weight is 279 g/mol. The van der Waals surface area contributed by atoms with E-state index in [1.165, 1.54) is 30.3 Å². The van der Waals surface area contributed by atoms with Crippen LogP contribution in [0.1, 0.15) is 25.6 Å². The zero-order valence-corrected chi connectivity index (χ0v) is 10.8. The highest BCUT2D eigenvalue weighted by Gasteiger charge is 2.18. The van der Waals surface area contributed by atoms with E-state index in [1.54, 1.807) is 6.92 Å². The first-order valence-electron chi connectivity index (χ1n) is 5.38. The molecule has 0 bridgehead atoms. The van der Waals surface area contributed by atoms with Gasteiger partial charge >= 0.3 is 5.97 Å². The maximum Gasteiger partial charge on any atom is 0.338 e.